The molecule has 1 N–H and O–H groups in total. The zero-order valence-electron chi connectivity index (χ0n) is 18.0. The van der Waals surface area contributed by atoms with Crippen LogP contribution in [0.2, 0.25) is 0 Å². The standard InChI is InChI=1S/C22H29N3O5S/c1-16-4-3-5-18(12-16)20-19(23-15-29-20)21(26)25-9-7-22(8-10-25)13-17(6-11-30-22)14-24-31(2,27)28/h3-5,12,15,17,24H,6-11,13-14H2,1-2H3. The Kier molecular flexibility index (Phi) is 6.18. The van der Waals surface area contributed by atoms with Crippen molar-refractivity contribution in [1.29, 1.82) is 0 Å². The quantitative estimate of drug-likeness (QED) is 0.756. The molecule has 4 rings (SSSR count). The van der Waals surface area contributed by atoms with Gasteiger partial charge in [-0.2, -0.15) is 0 Å². The van der Waals surface area contributed by atoms with Gasteiger partial charge >= 0.3 is 0 Å². The molecule has 0 bridgehead atoms. The lowest BCUT2D eigenvalue weighted by Crippen LogP contribution is -2.51. The Morgan fingerprint density at radius 1 is 1.32 bits per heavy atom. The zero-order valence-corrected chi connectivity index (χ0v) is 18.8. The molecule has 9 heteroatoms. The molecule has 0 saturated carbocycles. The number of aryl methyl sites for hydroxylation is 1. The van der Waals surface area contributed by atoms with E-state index in [1.54, 1.807) is 0 Å². The first-order valence-corrected chi connectivity index (χ1v) is 12.5. The van der Waals surface area contributed by atoms with Crippen molar-refractivity contribution >= 4 is 15.9 Å². The normalized spacial score (nSPS) is 21.4. The average Bonchev–Trinajstić information content (AvgIpc) is 3.22. The first kappa shape index (κ1) is 22.0. The summed E-state index contributed by atoms with van der Waals surface area (Å²) in [6.45, 7) is 4.20. The van der Waals surface area contributed by atoms with Crippen LogP contribution < -0.4 is 4.72 Å². The molecule has 1 atom stereocenters. The number of carbonyl (C=O) groups excluding carboxylic acids is 1. The van der Waals surface area contributed by atoms with Crippen molar-refractivity contribution in [3.63, 3.8) is 0 Å². The molecule has 2 fully saturated rings. The van der Waals surface area contributed by atoms with E-state index in [-0.39, 0.29) is 17.4 Å². The second-order valence-electron chi connectivity index (χ2n) is 8.70. The maximum atomic E-state index is 13.2. The number of benzene rings is 1. The van der Waals surface area contributed by atoms with Gasteiger partial charge in [0.15, 0.2) is 17.8 Å². The largest absolute Gasteiger partial charge is 0.443 e. The van der Waals surface area contributed by atoms with Crippen molar-refractivity contribution in [2.45, 2.75) is 38.2 Å². The van der Waals surface area contributed by atoms with Crippen LogP contribution in [-0.4, -0.2) is 62.3 Å². The molecule has 168 valence electrons. The van der Waals surface area contributed by atoms with E-state index in [4.69, 9.17) is 9.15 Å². The maximum absolute atomic E-state index is 13.2. The fourth-order valence-corrected chi connectivity index (χ4v) is 5.12. The number of oxazole rings is 1. The summed E-state index contributed by atoms with van der Waals surface area (Å²) in [5.74, 6) is 0.607. The van der Waals surface area contributed by atoms with E-state index in [2.05, 4.69) is 9.71 Å². The minimum Gasteiger partial charge on any atom is -0.443 e. The summed E-state index contributed by atoms with van der Waals surface area (Å²) in [7, 11) is -3.20. The van der Waals surface area contributed by atoms with E-state index in [1.165, 1.54) is 12.6 Å². The average molecular weight is 448 g/mol. The van der Waals surface area contributed by atoms with Gasteiger partial charge in [-0.05, 0) is 44.6 Å². The molecule has 2 saturated heterocycles. The van der Waals surface area contributed by atoms with Crippen molar-refractivity contribution in [3.05, 3.63) is 41.9 Å². The molecule has 3 heterocycles. The number of amides is 1. The number of hydrogen-bond acceptors (Lipinski definition) is 6. The van der Waals surface area contributed by atoms with Crippen LogP contribution in [0, 0.1) is 12.8 Å². The number of nitrogens with zero attached hydrogens (tertiary/aromatic N) is 2. The van der Waals surface area contributed by atoms with E-state index >= 15 is 0 Å². The molecule has 2 aliphatic heterocycles. The third-order valence-electron chi connectivity index (χ3n) is 6.24. The third kappa shape index (κ3) is 5.16. The molecule has 2 aromatic rings. The number of hydrogen-bond donors (Lipinski definition) is 1. The molecule has 1 unspecified atom stereocenters. The summed E-state index contributed by atoms with van der Waals surface area (Å²) in [5.41, 5.74) is 1.97. The van der Waals surface area contributed by atoms with Crippen LogP contribution in [0.5, 0.6) is 0 Å². The smallest absolute Gasteiger partial charge is 0.276 e. The number of carbonyl (C=O) groups is 1. The highest BCUT2D eigenvalue weighted by Crippen LogP contribution is 2.38. The van der Waals surface area contributed by atoms with Crippen molar-refractivity contribution in [2.75, 3.05) is 32.5 Å². The Balaban J connectivity index is 1.40. The molecule has 1 amide bonds. The van der Waals surface area contributed by atoms with Gasteiger partial charge in [-0.25, -0.2) is 18.1 Å². The summed E-state index contributed by atoms with van der Waals surface area (Å²) < 4.78 is 37.2. The van der Waals surface area contributed by atoms with Crippen LogP contribution in [0.15, 0.2) is 35.1 Å². The highest BCUT2D eigenvalue weighted by Gasteiger charge is 2.41. The van der Waals surface area contributed by atoms with E-state index in [1.807, 2.05) is 36.1 Å². The number of nitrogens with one attached hydrogen (secondary N) is 1. The van der Waals surface area contributed by atoms with Crippen LogP contribution in [0.3, 0.4) is 0 Å². The number of piperidine rings is 1. The Bertz CT molecular complexity index is 1040. The number of aromatic nitrogens is 1. The van der Waals surface area contributed by atoms with Gasteiger partial charge in [-0.3, -0.25) is 4.79 Å². The van der Waals surface area contributed by atoms with Crippen LogP contribution >= 0.6 is 0 Å². The first-order chi connectivity index (χ1) is 14.7. The van der Waals surface area contributed by atoms with Gasteiger partial charge in [0.05, 0.1) is 11.9 Å². The lowest BCUT2D eigenvalue weighted by molar-refractivity contribution is -0.122. The number of sulfonamides is 1. The van der Waals surface area contributed by atoms with Crippen molar-refractivity contribution in [1.82, 2.24) is 14.6 Å². The monoisotopic (exact) mass is 447 g/mol. The Hall–Kier alpha value is -2.23. The number of rotatable bonds is 5. The first-order valence-electron chi connectivity index (χ1n) is 10.6. The second-order valence-corrected chi connectivity index (χ2v) is 10.5. The minimum absolute atomic E-state index is 0.133. The summed E-state index contributed by atoms with van der Waals surface area (Å²) >= 11 is 0. The molecular weight excluding hydrogens is 418 g/mol. The highest BCUT2D eigenvalue weighted by atomic mass is 32.2. The summed E-state index contributed by atoms with van der Waals surface area (Å²) in [5, 5.41) is 0. The van der Waals surface area contributed by atoms with Gasteiger partial charge in [0.2, 0.25) is 10.0 Å². The van der Waals surface area contributed by atoms with Gasteiger partial charge in [-0.1, -0.05) is 23.8 Å². The molecule has 1 aromatic carbocycles. The second kappa shape index (κ2) is 8.72. The van der Waals surface area contributed by atoms with E-state index < -0.39 is 10.0 Å². The van der Waals surface area contributed by atoms with Crippen LogP contribution in [0.4, 0.5) is 0 Å². The van der Waals surface area contributed by atoms with Gasteiger partial charge in [0.1, 0.15) is 0 Å². The Morgan fingerprint density at radius 3 is 2.81 bits per heavy atom. The van der Waals surface area contributed by atoms with Gasteiger partial charge in [-0.15, -0.1) is 0 Å². The topological polar surface area (TPSA) is 102 Å². The van der Waals surface area contributed by atoms with E-state index in [0.29, 0.717) is 37.7 Å². The van der Waals surface area contributed by atoms with Crippen LogP contribution in [0.1, 0.15) is 41.7 Å². The highest BCUT2D eigenvalue weighted by molar-refractivity contribution is 7.88. The zero-order chi connectivity index (χ0) is 22.1. The number of likely N-dealkylation sites (tertiary alicyclic amines) is 1. The van der Waals surface area contributed by atoms with Crippen molar-refractivity contribution < 1.29 is 22.4 Å². The van der Waals surface area contributed by atoms with Gasteiger partial charge in [0, 0.05) is 31.8 Å². The molecule has 1 spiro atoms. The summed E-state index contributed by atoms with van der Waals surface area (Å²) in [6, 6.07) is 7.81. The molecule has 31 heavy (non-hydrogen) atoms. The molecule has 1 aromatic heterocycles. The number of ether oxygens (including phenoxy) is 1. The van der Waals surface area contributed by atoms with Crippen molar-refractivity contribution in [2.24, 2.45) is 5.92 Å². The van der Waals surface area contributed by atoms with Gasteiger partial charge < -0.3 is 14.1 Å². The van der Waals surface area contributed by atoms with Gasteiger partial charge in [0.25, 0.3) is 5.91 Å². The van der Waals surface area contributed by atoms with E-state index in [0.717, 1.165) is 36.8 Å². The van der Waals surface area contributed by atoms with Crippen LogP contribution in [-0.2, 0) is 14.8 Å². The molecular formula is C22H29N3O5S. The summed E-state index contributed by atoms with van der Waals surface area (Å²) in [6.07, 6.45) is 5.60. The summed E-state index contributed by atoms with van der Waals surface area (Å²) in [4.78, 5) is 19.2. The fourth-order valence-electron chi connectivity index (χ4n) is 4.58. The SMILES string of the molecule is Cc1cccc(-c2ocnc2C(=O)N2CCC3(CC2)CC(CNS(C)(=O)=O)CCO3)c1. The third-order valence-corrected chi connectivity index (χ3v) is 6.93. The maximum Gasteiger partial charge on any atom is 0.276 e. The predicted molar refractivity (Wildman–Crippen MR) is 116 cm³/mol. The van der Waals surface area contributed by atoms with Crippen LogP contribution in [0.25, 0.3) is 11.3 Å². The predicted octanol–water partition coefficient (Wildman–Crippen LogP) is 2.60. The fraction of sp³-hybridized carbons (Fsp3) is 0.545. The van der Waals surface area contributed by atoms with E-state index in [9.17, 15) is 13.2 Å². The van der Waals surface area contributed by atoms with Crippen molar-refractivity contribution in [3.8, 4) is 11.3 Å². The lowest BCUT2D eigenvalue weighted by Gasteiger charge is -2.46. The molecule has 8 nitrogen and oxygen atoms in total. The minimum atomic E-state index is -3.20. The molecule has 2 aliphatic rings. The lowest BCUT2D eigenvalue weighted by atomic mass is 9.79. The molecule has 0 radical (unpaired) electrons. The Morgan fingerprint density at radius 2 is 2.10 bits per heavy atom. The molecule has 0 aliphatic carbocycles. The Labute approximate surface area is 183 Å².